The van der Waals surface area contributed by atoms with Gasteiger partial charge in [-0.15, -0.1) is 0 Å². The molecule has 0 aliphatic heterocycles. The van der Waals surface area contributed by atoms with Crippen LogP contribution in [0.2, 0.25) is 0 Å². The highest BCUT2D eigenvalue weighted by atomic mass is 79.9. The number of hydrogen-bond donors (Lipinski definition) is 0. The first kappa shape index (κ1) is 13.0. The summed E-state index contributed by atoms with van der Waals surface area (Å²) >= 11 is 3.25. The van der Waals surface area contributed by atoms with Crippen molar-refractivity contribution in [2.24, 2.45) is 0 Å². The summed E-state index contributed by atoms with van der Waals surface area (Å²) in [5, 5.41) is 0. The molecule has 0 aliphatic carbocycles. The minimum Gasteiger partial charge on any atom is -0.265 e. The maximum absolute atomic E-state index is 12.3. The molecule has 0 bridgehead atoms. The van der Waals surface area contributed by atoms with Crippen molar-refractivity contribution >= 4 is 31.8 Å². The number of anilines is 1. The van der Waals surface area contributed by atoms with Crippen LogP contribution >= 0.6 is 15.9 Å². The zero-order valence-electron chi connectivity index (χ0n) is 9.49. The van der Waals surface area contributed by atoms with E-state index in [2.05, 4.69) is 25.9 Å². The van der Waals surface area contributed by atoms with Crippen LogP contribution in [0.25, 0.3) is 0 Å². The smallest absolute Gasteiger partial charge is 0.265 e. The Morgan fingerprint density at radius 3 is 2.39 bits per heavy atom. The first-order valence-corrected chi connectivity index (χ1v) is 7.25. The van der Waals surface area contributed by atoms with Crippen LogP contribution in [0.15, 0.2) is 52.2 Å². The van der Waals surface area contributed by atoms with Crippen molar-refractivity contribution in [3.05, 3.63) is 47.3 Å². The molecule has 18 heavy (non-hydrogen) atoms. The van der Waals surface area contributed by atoms with Gasteiger partial charge in [0, 0.05) is 30.1 Å². The van der Waals surface area contributed by atoms with Gasteiger partial charge < -0.3 is 0 Å². The fourth-order valence-electron chi connectivity index (χ4n) is 1.35. The molecule has 0 spiro atoms. The standard InChI is InChI=1S/C11H10BrN3O2S/c1-15(11-3-2-9(12)8-14-11)18(16,17)10-4-6-13-7-5-10/h2-8H,1H3. The lowest BCUT2D eigenvalue weighted by atomic mass is 10.5. The molecule has 0 saturated heterocycles. The number of halogens is 1. The minimum absolute atomic E-state index is 0.185. The molecule has 5 nitrogen and oxygen atoms in total. The van der Waals surface area contributed by atoms with Crippen molar-refractivity contribution < 1.29 is 8.42 Å². The molecule has 2 rings (SSSR count). The largest absolute Gasteiger partial charge is 0.265 e. The lowest BCUT2D eigenvalue weighted by molar-refractivity contribution is 0.594. The molecule has 0 aliphatic rings. The van der Waals surface area contributed by atoms with Crippen LogP contribution in [0.1, 0.15) is 0 Å². The molecular weight excluding hydrogens is 318 g/mol. The van der Waals surface area contributed by atoms with Crippen molar-refractivity contribution in [3.8, 4) is 0 Å². The highest BCUT2D eigenvalue weighted by Gasteiger charge is 2.21. The van der Waals surface area contributed by atoms with E-state index in [-0.39, 0.29) is 4.90 Å². The van der Waals surface area contributed by atoms with Crippen LogP contribution in [0.5, 0.6) is 0 Å². The maximum atomic E-state index is 12.3. The van der Waals surface area contributed by atoms with Crippen LogP contribution in [-0.2, 0) is 10.0 Å². The second-order valence-electron chi connectivity index (χ2n) is 3.49. The summed E-state index contributed by atoms with van der Waals surface area (Å²) in [6.07, 6.45) is 4.43. The van der Waals surface area contributed by atoms with Gasteiger partial charge >= 0.3 is 0 Å². The van der Waals surface area contributed by atoms with Gasteiger partial charge in [-0.3, -0.25) is 9.29 Å². The summed E-state index contributed by atoms with van der Waals surface area (Å²) in [6, 6.07) is 6.26. The third-order valence-corrected chi connectivity index (χ3v) is 4.59. The van der Waals surface area contributed by atoms with Crippen LogP contribution in [0, 0.1) is 0 Å². The topological polar surface area (TPSA) is 63.2 Å². The van der Waals surface area contributed by atoms with E-state index in [9.17, 15) is 8.42 Å². The minimum atomic E-state index is -3.59. The van der Waals surface area contributed by atoms with Gasteiger partial charge in [0.05, 0.1) is 4.90 Å². The van der Waals surface area contributed by atoms with Gasteiger partial charge in [-0.1, -0.05) is 0 Å². The second-order valence-corrected chi connectivity index (χ2v) is 6.38. The van der Waals surface area contributed by atoms with Crippen LogP contribution < -0.4 is 4.31 Å². The Balaban J connectivity index is 2.39. The van der Waals surface area contributed by atoms with Gasteiger partial charge in [0.15, 0.2) is 0 Å². The number of sulfonamides is 1. The highest BCUT2D eigenvalue weighted by Crippen LogP contribution is 2.20. The summed E-state index contributed by atoms with van der Waals surface area (Å²) in [7, 11) is -2.13. The Morgan fingerprint density at radius 1 is 1.17 bits per heavy atom. The fraction of sp³-hybridized carbons (Fsp3) is 0.0909. The number of pyridine rings is 2. The van der Waals surface area contributed by atoms with Crippen LogP contribution in [-0.4, -0.2) is 25.4 Å². The van der Waals surface area contributed by atoms with Crippen molar-refractivity contribution in [1.29, 1.82) is 0 Å². The van der Waals surface area contributed by atoms with E-state index in [4.69, 9.17) is 0 Å². The third kappa shape index (κ3) is 2.51. The lowest BCUT2D eigenvalue weighted by Gasteiger charge is -2.18. The number of aromatic nitrogens is 2. The second kappa shape index (κ2) is 5.03. The van der Waals surface area contributed by atoms with Gasteiger partial charge in [-0.05, 0) is 40.2 Å². The molecule has 0 unspecified atom stereocenters. The molecule has 0 amide bonds. The van der Waals surface area contributed by atoms with E-state index in [0.717, 1.165) is 8.78 Å². The van der Waals surface area contributed by atoms with Crippen LogP contribution in [0.4, 0.5) is 5.82 Å². The average Bonchev–Trinajstić information content (AvgIpc) is 2.40. The summed E-state index contributed by atoms with van der Waals surface area (Å²) in [6.45, 7) is 0. The predicted octanol–water partition coefficient (Wildman–Crippen LogP) is 2.06. The van der Waals surface area contributed by atoms with Gasteiger partial charge in [-0.2, -0.15) is 0 Å². The molecule has 0 radical (unpaired) electrons. The van der Waals surface area contributed by atoms with Gasteiger partial charge in [0.2, 0.25) is 0 Å². The van der Waals surface area contributed by atoms with Crippen molar-refractivity contribution in [3.63, 3.8) is 0 Å². The summed E-state index contributed by atoms with van der Waals surface area (Å²) in [5.41, 5.74) is 0. The number of nitrogens with zero attached hydrogens (tertiary/aromatic N) is 3. The summed E-state index contributed by atoms with van der Waals surface area (Å²) < 4.78 is 26.5. The molecule has 0 N–H and O–H groups in total. The Kier molecular flexibility index (Phi) is 3.63. The Morgan fingerprint density at radius 2 is 1.83 bits per heavy atom. The number of hydrogen-bond acceptors (Lipinski definition) is 4. The first-order valence-electron chi connectivity index (χ1n) is 5.02. The molecule has 0 atom stereocenters. The molecule has 2 aromatic rings. The van der Waals surface area contributed by atoms with Crippen LogP contribution in [0.3, 0.4) is 0 Å². The molecule has 2 heterocycles. The predicted molar refractivity (Wildman–Crippen MR) is 71.8 cm³/mol. The van der Waals surface area contributed by atoms with Crippen molar-refractivity contribution in [2.75, 3.05) is 11.4 Å². The normalized spacial score (nSPS) is 11.2. The fourth-order valence-corrected chi connectivity index (χ4v) is 2.72. The molecule has 7 heteroatoms. The zero-order valence-corrected chi connectivity index (χ0v) is 11.9. The first-order chi connectivity index (χ1) is 8.51. The van der Waals surface area contributed by atoms with Gasteiger partial charge in [0.25, 0.3) is 10.0 Å². The third-order valence-electron chi connectivity index (χ3n) is 2.34. The Labute approximate surface area is 114 Å². The zero-order chi connectivity index (χ0) is 13.2. The maximum Gasteiger partial charge on any atom is 0.265 e. The number of rotatable bonds is 3. The molecule has 0 saturated carbocycles. The van der Waals surface area contributed by atoms with Crippen molar-refractivity contribution in [2.45, 2.75) is 4.90 Å². The van der Waals surface area contributed by atoms with Gasteiger partial charge in [-0.25, -0.2) is 13.4 Å². The van der Waals surface area contributed by atoms with E-state index in [0.29, 0.717) is 5.82 Å². The molecular formula is C11H10BrN3O2S. The van der Waals surface area contributed by atoms with Crippen molar-refractivity contribution in [1.82, 2.24) is 9.97 Å². The molecule has 2 aromatic heterocycles. The van der Waals surface area contributed by atoms with E-state index in [1.807, 2.05) is 0 Å². The Hall–Kier alpha value is -1.47. The van der Waals surface area contributed by atoms with E-state index in [1.165, 1.54) is 31.6 Å². The molecule has 94 valence electrons. The highest BCUT2D eigenvalue weighted by molar-refractivity contribution is 9.10. The lowest BCUT2D eigenvalue weighted by Crippen LogP contribution is -2.27. The quantitative estimate of drug-likeness (QED) is 0.865. The van der Waals surface area contributed by atoms with Gasteiger partial charge in [0.1, 0.15) is 5.82 Å². The molecule has 0 aromatic carbocycles. The monoisotopic (exact) mass is 327 g/mol. The Bertz CT molecular complexity index is 629. The summed E-state index contributed by atoms with van der Waals surface area (Å²) in [4.78, 5) is 8.04. The summed E-state index contributed by atoms with van der Waals surface area (Å²) in [5.74, 6) is 0.356. The molecule has 0 fully saturated rings. The SMILES string of the molecule is CN(c1ccc(Br)cn1)S(=O)(=O)c1ccncc1. The van der Waals surface area contributed by atoms with E-state index < -0.39 is 10.0 Å². The average molecular weight is 328 g/mol. The van der Waals surface area contributed by atoms with E-state index in [1.54, 1.807) is 18.3 Å². The van der Waals surface area contributed by atoms with E-state index >= 15 is 0 Å².